The summed E-state index contributed by atoms with van der Waals surface area (Å²) >= 11 is 0. The molecule has 5 nitrogen and oxygen atoms in total. The molecular formula is C26H46N2O3. The molecular weight excluding hydrogens is 388 g/mol. The highest BCUT2D eigenvalue weighted by molar-refractivity contribution is 5.75. The molecule has 0 aromatic rings. The van der Waals surface area contributed by atoms with Crippen LogP contribution in [0.5, 0.6) is 0 Å². The molecule has 1 spiro atoms. The molecule has 0 bridgehead atoms. The van der Waals surface area contributed by atoms with Gasteiger partial charge in [-0.15, -0.1) is 0 Å². The van der Waals surface area contributed by atoms with E-state index >= 15 is 0 Å². The van der Waals surface area contributed by atoms with Gasteiger partial charge in [0.05, 0.1) is 18.1 Å². The van der Waals surface area contributed by atoms with E-state index in [-0.39, 0.29) is 23.6 Å². The minimum Gasteiger partial charge on any atom is -0.462 e. The number of unbranched alkanes of at least 4 members (excludes halogenated alkanes) is 2. The van der Waals surface area contributed by atoms with E-state index in [4.69, 9.17) is 9.47 Å². The first-order chi connectivity index (χ1) is 15.0. The predicted molar refractivity (Wildman–Crippen MR) is 124 cm³/mol. The van der Waals surface area contributed by atoms with Crippen LogP contribution in [-0.4, -0.2) is 61.9 Å². The Kier molecular flexibility index (Phi) is 7.65. The number of ether oxygens (including phenoxy) is 2. The molecule has 2 aliphatic heterocycles. The molecule has 31 heavy (non-hydrogen) atoms. The highest BCUT2D eigenvalue weighted by atomic mass is 16.6. The van der Waals surface area contributed by atoms with Crippen molar-refractivity contribution in [2.24, 2.45) is 23.2 Å². The van der Waals surface area contributed by atoms with E-state index in [1.54, 1.807) is 0 Å². The third-order valence-corrected chi connectivity index (χ3v) is 8.93. The van der Waals surface area contributed by atoms with Crippen LogP contribution >= 0.6 is 0 Å². The monoisotopic (exact) mass is 434 g/mol. The first kappa shape index (κ1) is 23.5. The number of esters is 1. The van der Waals surface area contributed by atoms with Crippen molar-refractivity contribution >= 4 is 5.97 Å². The molecule has 178 valence electrons. The molecule has 4 fully saturated rings. The Morgan fingerprint density at radius 3 is 2.48 bits per heavy atom. The minimum atomic E-state index is 0.0311. The van der Waals surface area contributed by atoms with Gasteiger partial charge in [-0.05, 0) is 88.9 Å². The maximum Gasteiger partial charge on any atom is 0.310 e. The lowest BCUT2D eigenvalue weighted by Gasteiger charge is -2.51. The van der Waals surface area contributed by atoms with Crippen molar-refractivity contribution in [3.05, 3.63) is 0 Å². The summed E-state index contributed by atoms with van der Waals surface area (Å²) in [7, 11) is 0. The van der Waals surface area contributed by atoms with E-state index in [9.17, 15) is 4.79 Å². The molecule has 0 amide bonds. The lowest BCUT2D eigenvalue weighted by atomic mass is 9.53. The molecule has 2 heterocycles. The van der Waals surface area contributed by atoms with Gasteiger partial charge < -0.3 is 19.7 Å². The Morgan fingerprint density at radius 2 is 1.81 bits per heavy atom. The van der Waals surface area contributed by atoms with Gasteiger partial charge in [0.25, 0.3) is 0 Å². The first-order valence-corrected chi connectivity index (χ1v) is 13.3. The molecule has 5 heteroatoms. The quantitative estimate of drug-likeness (QED) is 0.280. The van der Waals surface area contributed by atoms with Crippen molar-refractivity contribution in [2.45, 2.75) is 96.7 Å². The summed E-state index contributed by atoms with van der Waals surface area (Å²) in [4.78, 5) is 15.4. The van der Waals surface area contributed by atoms with Gasteiger partial charge in [0.15, 0.2) is 0 Å². The van der Waals surface area contributed by atoms with Crippen LogP contribution in [0, 0.1) is 23.2 Å². The van der Waals surface area contributed by atoms with E-state index in [0.717, 1.165) is 45.5 Å². The van der Waals surface area contributed by atoms with Crippen molar-refractivity contribution in [3.8, 4) is 0 Å². The Labute approximate surface area is 190 Å². The fourth-order valence-corrected chi connectivity index (χ4v) is 6.97. The van der Waals surface area contributed by atoms with Crippen molar-refractivity contribution in [2.75, 3.05) is 39.3 Å². The normalized spacial score (nSPS) is 38.9. The summed E-state index contributed by atoms with van der Waals surface area (Å²) in [6, 6.07) is 0. The van der Waals surface area contributed by atoms with Gasteiger partial charge >= 0.3 is 5.97 Å². The highest BCUT2D eigenvalue weighted by Crippen LogP contribution is 2.62. The third kappa shape index (κ3) is 5.14. The van der Waals surface area contributed by atoms with Gasteiger partial charge in [-0.2, -0.15) is 0 Å². The number of rotatable bonds is 12. The molecule has 2 saturated carbocycles. The lowest BCUT2D eigenvalue weighted by Crippen LogP contribution is -2.51. The van der Waals surface area contributed by atoms with Gasteiger partial charge in [-0.3, -0.25) is 4.79 Å². The maximum absolute atomic E-state index is 12.7. The van der Waals surface area contributed by atoms with Gasteiger partial charge in [0, 0.05) is 12.5 Å². The number of carbonyl (C=O) groups excluding carboxylic acids is 1. The average Bonchev–Trinajstić information content (AvgIpc) is 3.45. The van der Waals surface area contributed by atoms with E-state index in [1.807, 2.05) is 0 Å². The SMILES string of the molecule is CCCCN(CCCC)CCCNCC1C(=O)OC2CC3(C)CCCC4(CO4)C3CC21. The molecule has 1 N–H and O–H groups in total. The first-order valence-electron chi connectivity index (χ1n) is 13.3. The van der Waals surface area contributed by atoms with Crippen LogP contribution in [0.3, 0.4) is 0 Å². The number of hydrogen-bond acceptors (Lipinski definition) is 5. The Morgan fingerprint density at radius 1 is 1.10 bits per heavy atom. The fourth-order valence-electron chi connectivity index (χ4n) is 6.97. The summed E-state index contributed by atoms with van der Waals surface area (Å²) in [5, 5.41) is 3.62. The van der Waals surface area contributed by atoms with Crippen LogP contribution in [0.15, 0.2) is 0 Å². The molecule has 4 rings (SSSR count). The van der Waals surface area contributed by atoms with Crippen LogP contribution in [-0.2, 0) is 14.3 Å². The van der Waals surface area contributed by atoms with Crippen LogP contribution in [0.25, 0.3) is 0 Å². The maximum atomic E-state index is 12.7. The zero-order valence-electron chi connectivity index (χ0n) is 20.3. The third-order valence-electron chi connectivity index (χ3n) is 8.93. The fraction of sp³-hybridized carbons (Fsp3) is 0.962. The summed E-state index contributed by atoms with van der Waals surface area (Å²) in [5.74, 6) is 1.06. The number of carbonyl (C=O) groups is 1. The number of nitrogens with one attached hydrogen (secondary N) is 1. The van der Waals surface area contributed by atoms with Gasteiger partial charge in [0.2, 0.25) is 0 Å². The minimum absolute atomic E-state index is 0.0311. The topological polar surface area (TPSA) is 54.1 Å². The Balaban J connectivity index is 1.24. The van der Waals surface area contributed by atoms with E-state index in [1.165, 1.54) is 58.0 Å². The molecule has 6 atom stereocenters. The molecule has 4 aliphatic rings. The largest absolute Gasteiger partial charge is 0.462 e. The number of epoxide rings is 1. The van der Waals surface area contributed by atoms with Crippen molar-refractivity contribution in [3.63, 3.8) is 0 Å². The summed E-state index contributed by atoms with van der Waals surface area (Å²) in [6.07, 6.45) is 12.3. The highest BCUT2D eigenvalue weighted by Gasteiger charge is 2.64. The van der Waals surface area contributed by atoms with Crippen LogP contribution in [0.4, 0.5) is 0 Å². The average molecular weight is 435 g/mol. The smallest absolute Gasteiger partial charge is 0.310 e. The van der Waals surface area contributed by atoms with Crippen molar-refractivity contribution in [1.82, 2.24) is 10.2 Å². The van der Waals surface area contributed by atoms with Crippen LogP contribution < -0.4 is 5.32 Å². The Hall–Kier alpha value is -0.650. The lowest BCUT2D eigenvalue weighted by molar-refractivity contribution is -0.147. The number of fused-ring (bicyclic) bond motifs is 3. The van der Waals surface area contributed by atoms with Gasteiger partial charge in [0.1, 0.15) is 6.10 Å². The van der Waals surface area contributed by atoms with Crippen LogP contribution in [0.1, 0.15) is 85.0 Å². The molecule has 2 aliphatic carbocycles. The number of nitrogens with zero attached hydrogens (tertiary/aromatic N) is 1. The van der Waals surface area contributed by atoms with E-state index in [2.05, 4.69) is 31.0 Å². The van der Waals surface area contributed by atoms with Crippen molar-refractivity contribution in [1.29, 1.82) is 0 Å². The van der Waals surface area contributed by atoms with Gasteiger partial charge in [-0.1, -0.05) is 33.6 Å². The van der Waals surface area contributed by atoms with Crippen LogP contribution in [0.2, 0.25) is 0 Å². The zero-order valence-corrected chi connectivity index (χ0v) is 20.3. The molecule has 2 saturated heterocycles. The second-order valence-corrected chi connectivity index (χ2v) is 11.2. The molecule has 0 aromatic carbocycles. The Bertz CT molecular complexity index is 599. The second-order valence-electron chi connectivity index (χ2n) is 11.2. The summed E-state index contributed by atoms with van der Waals surface area (Å²) in [5.41, 5.74) is 0.432. The summed E-state index contributed by atoms with van der Waals surface area (Å²) < 4.78 is 12.0. The molecule has 0 radical (unpaired) electrons. The zero-order chi connectivity index (χ0) is 21.9. The second kappa shape index (κ2) is 10.1. The summed E-state index contributed by atoms with van der Waals surface area (Å²) in [6.45, 7) is 13.3. The number of hydrogen-bond donors (Lipinski definition) is 1. The molecule has 6 unspecified atom stereocenters. The predicted octanol–water partition coefficient (Wildman–Crippen LogP) is 4.40. The van der Waals surface area contributed by atoms with Gasteiger partial charge in [-0.25, -0.2) is 0 Å². The van der Waals surface area contributed by atoms with Crippen molar-refractivity contribution < 1.29 is 14.3 Å². The van der Waals surface area contributed by atoms with E-state index < -0.39 is 0 Å². The van der Waals surface area contributed by atoms with E-state index in [0.29, 0.717) is 17.3 Å². The molecule has 0 aromatic heterocycles. The standard InChI is InChI=1S/C26H46N2O3/c1-4-6-13-28(14-7-5-2)15-9-12-27-18-21-20-16-23-25(3,17-22(20)31-24(21)29)10-8-11-26(23)19-30-26/h20-23,27H,4-19H2,1-3H3.